The Hall–Kier alpha value is -2.82. The lowest BCUT2D eigenvalue weighted by Crippen LogP contribution is -2.05. The van der Waals surface area contributed by atoms with E-state index in [0.717, 1.165) is 5.56 Å². The largest absolute Gasteiger partial charge is 0.457 e. The number of nitrogen functional groups attached to an aromatic ring is 1. The fourth-order valence-corrected chi connectivity index (χ4v) is 1.96. The zero-order chi connectivity index (χ0) is 13.9. The molecule has 0 spiro atoms. The molecule has 0 unspecified atom stereocenters. The molecule has 0 aliphatic heterocycles. The SMILES string of the molecule is Nc1ccn2ncc(C(=O)OCc3ccccc3)c2c1. The Labute approximate surface area is 115 Å². The molecule has 20 heavy (non-hydrogen) atoms. The van der Waals surface area contributed by atoms with Gasteiger partial charge >= 0.3 is 5.97 Å². The number of esters is 1. The van der Waals surface area contributed by atoms with E-state index in [-0.39, 0.29) is 6.61 Å². The summed E-state index contributed by atoms with van der Waals surface area (Å²) in [4.78, 5) is 12.1. The van der Waals surface area contributed by atoms with Crippen molar-refractivity contribution < 1.29 is 9.53 Å². The molecule has 0 aliphatic carbocycles. The van der Waals surface area contributed by atoms with E-state index in [9.17, 15) is 4.79 Å². The molecular formula is C15H13N3O2. The van der Waals surface area contributed by atoms with Crippen LogP contribution in [0.25, 0.3) is 5.52 Å². The molecule has 1 aromatic carbocycles. The number of anilines is 1. The topological polar surface area (TPSA) is 69.6 Å². The van der Waals surface area contributed by atoms with Gasteiger partial charge in [-0.2, -0.15) is 5.10 Å². The average Bonchev–Trinajstić information content (AvgIpc) is 2.89. The molecule has 5 heteroatoms. The van der Waals surface area contributed by atoms with E-state index < -0.39 is 5.97 Å². The summed E-state index contributed by atoms with van der Waals surface area (Å²) in [5, 5.41) is 4.10. The van der Waals surface area contributed by atoms with Crippen molar-refractivity contribution in [1.29, 1.82) is 0 Å². The number of benzene rings is 1. The predicted octanol–water partition coefficient (Wildman–Crippen LogP) is 2.27. The average molecular weight is 267 g/mol. The van der Waals surface area contributed by atoms with E-state index in [1.54, 1.807) is 22.8 Å². The van der Waals surface area contributed by atoms with Crippen molar-refractivity contribution in [3.8, 4) is 0 Å². The Morgan fingerprint density at radius 2 is 2.05 bits per heavy atom. The van der Waals surface area contributed by atoms with Gasteiger partial charge in [0.2, 0.25) is 0 Å². The summed E-state index contributed by atoms with van der Waals surface area (Å²) in [6.07, 6.45) is 3.20. The first kappa shape index (κ1) is 12.2. The first-order chi connectivity index (χ1) is 9.74. The van der Waals surface area contributed by atoms with Gasteiger partial charge in [-0.3, -0.25) is 0 Å². The third-order valence-electron chi connectivity index (χ3n) is 2.98. The minimum atomic E-state index is -0.408. The zero-order valence-electron chi connectivity index (χ0n) is 10.7. The van der Waals surface area contributed by atoms with Crippen LogP contribution in [0.1, 0.15) is 15.9 Å². The summed E-state index contributed by atoms with van der Waals surface area (Å²) in [7, 11) is 0. The molecule has 0 amide bonds. The van der Waals surface area contributed by atoms with Crippen molar-refractivity contribution >= 4 is 17.2 Å². The number of rotatable bonds is 3. The molecule has 3 rings (SSSR count). The van der Waals surface area contributed by atoms with Crippen LogP contribution in [-0.4, -0.2) is 15.6 Å². The molecule has 5 nitrogen and oxygen atoms in total. The van der Waals surface area contributed by atoms with Crippen molar-refractivity contribution in [1.82, 2.24) is 9.61 Å². The van der Waals surface area contributed by atoms with Gasteiger partial charge in [-0.15, -0.1) is 0 Å². The van der Waals surface area contributed by atoms with Crippen LogP contribution in [0.2, 0.25) is 0 Å². The Kier molecular flexibility index (Phi) is 3.09. The first-order valence-electron chi connectivity index (χ1n) is 6.18. The van der Waals surface area contributed by atoms with Gasteiger partial charge < -0.3 is 10.5 Å². The van der Waals surface area contributed by atoms with Crippen LogP contribution in [0.4, 0.5) is 5.69 Å². The van der Waals surface area contributed by atoms with Gasteiger partial charge in [0.1, 0.15) is 12.2 Å². The summed E-state index contributed by atoms with van der Waals surface area (Å²) in [6.45, 7) is 0.235. The molecule has 2 N–H and O–H groups in total. The van der Waals surface area contributed by atoms with Gasteiger partial charge in [-0.25, -0.2) is 9.31 Å². The molecule has 0 bridgehead atoms. The number of nitrogens with zero attached hydrogens (tertiary/aromatic N) is 2. The molecule has 100 valence electrons. The Morgan fingerprint density at radius 1 is 1.25 bits per heavy atom. The van der Waals surface area contributed by atoms with E-state index >= 15 is 0 Å². The highest BCUT2D eigenvalue weighted by atomic mass is 16.5. The van der Waals surface area contributed by atoms with Crippen molar-refractivity contribution in [2.45, 2.75) is 6.61 Å². The van der Waals surface area contributed by atoms with Crippen molar-refractivity contribution in [3.05, 3.63) is 66.0 Å². The van der Waals surface area contributed by atoms with Gasteiger partial charge in [-0.1, -0.05) is 30.3 Å². The second-order valence-corrected chi connectivity index (χ2v) is 4.41. The van der Waals surface area contributed by atoms with Crippen LogP contribution in [0, 0.1) is 0 Å². The van der Waals surface area contributed by atoms with E-state index in [4.69, 9.17) is 10.5 Å². The molecule has 3 aromatic rings. The maximum Gasteiger partial charge on any atom is 0.342 e. The number of pyridine rings is 1. The minimum absolute atomic E-state index is 0.235. The van der Waals surface area contributed by atoms with Crippen molar-refractivity contribution in [2.75, 3.05) is 5.73 Å². The monoisotopic (exact) mass is 267 g/mol. The maximum atomic E-state index is 12.1. The van der Waals surface area contributed by atoms with Crippen LogP contribution in [0.15, 0.2) is 54.9 Å². The van der Waals surface area contributed by atoms with Crippen LogP contribution >= 0.6 is 0 Å². The number of nitrogens with two attached hydrogens (primary N) is 1. The van der Waals surface area contributed by atoms with E-state index in [1.807, 2.05) is 30.3 Å². The third-order valence-corrected chi connectivity index (χ3v) is 2.98. The minimum Gasteiger partial charge on any atom is -0.457 e. The predicted molar refractivity (Wildman–Crippen MR) is 75.2 cm³/mol. The molecule has 2 heterocycles. The second kappa shape index (κ2) is 5.05. The standard InChI is InChI=1S/C15H13N3O2/c16-12-6-7-18-14(8-12)13(9-17-18)15(19)20-10-11-4-2-1-3-5-11/h1-9H,10,16H2. The molecule has 0 atom stereocenters. The Balaban J connectivity index is 1.80. The fraction of sp³-hybridized carbons (Fsp3) is 0.0667. The number of hydrogen-bond acceptors (Lipinski definition) is 4. The second-order valence-electron chi connectivity index (χ2n) is 4.41. The number of aromatic nitrogens is 2. The lowest BCUT2D eigenvalue weighted by molar-refractivity contribution is 0.0475. The first-order valence-corrected chi connectivity index (χ1v) is 6.18. The van der Waals surface area contributed by atoms with Crippen LogP contribution in [-0.2, 0) is 11.3 Å². The summed E-state index contributed by atoms with van der Waals surface area (Å²) < 4.78 is 6.88. The Bertz CT molecular complexity index is 750. The summed E-state index contributed by atoms with van der Waals surface area (Å²) in [5.74, 6) is -0.408. The van der Waals surface area contributed by atoms with Crippen LogP contribution < -0.4 is 5.73 Å². The molecule has 0 aliphatic rings. The zero-order valence-corrected chi connectivity index (χ0v) is 10.7. The summed E-state index contributed by atoms with van der Waals surface area (Å²) >= 11 is 0. The fourth-order valence-electron chi connectivity index (χ4n) is 1.96. The molecule has 0 saturated carbocycles. The van der Waals surface area contributed by atoms with Crippen molar-refractivity contribution in [2.24, 2.45) is 0 Å². The van der Waals surface area contributed by atoms with E-state index in [0.29, 0.717) is 16.8 Å². The molecule has 2 aromatic heterocycles. The molecule has 0 radical (unpaired) electrons. The van der Waals surface area contributed by atoms with Gasteiger partial charge in [0, 0.05) is 11.9 Å². The number of hydrogen-bond donors (Lipinski definition) is 1. The third kappa shape index (κ3) is 2.33. The number of carbonyl (C=O) groups excluding carboxylic acids is 1. The highest BCUT2D eigenvalue weighted by molar-refractivity contribution is 5.97. The van der Waals surface area contributed by atoms with Gasteiger partial charge in [0.25, 0.3) is 0 Å². The smallest absolute Gasteiger partial charge is 0.342 e. The highest BCUT2D eigenvalue weighted by Crippen LogP contribution is 2.15. The van der Waals surface area contributed by atoms with E-state index in [2.05, 4.69) is 5.10 Å². The van der Waals surface area contributed by atoms with Crippen molar-refractivity contribution in [3.63, 3.8) is 0 Å². The number of carbonyl (C=O) groups is 1. The van der Waals surface area contributed by atoms with Crippen LogP contribution in [0.5, 0.6) is 0 Å². The lowest BCUT2D eigenvalue weighted by Gasteiger charge is -2.04. The quantitative estimate of drug-likeness (QED) is 0.739. The maximum absolute atomic E-state index is 12.1. The lowest BCUT2D eigenvalue weighted by atomic mass is 10.2. The van der Waals surface area contributed by atoms with Gasteiger partial charge in [0.05, 0.1) is 11.7 Å². The normalized spacial score (nSPS) is 10.6. The molecule has 0 fully saturated rings. The number of fused-ring (bicyclic) bond motifs is 1. The summed E-state index contributed by atoms with van der Waals surface area (Å²) in [5.41, 5.74) is 8.30. The van der Waals surface area contributed by atoms with Gasteiger partial charge in [-0.05, 0) is 17.7 Å². The van der Waals surface area contributed by atoms with Gasteiger partial charge in [0.15, 0.2) is 0 Å². The summed E-state index contributed by atoms with van der Waals surface area (Å²) in [6, 6.07) is 13.0. The molecular weight excluding hydrogens is 254 g/mol. The molecule has 0 saturated heterocycles. The number of ether oxygens (including phenoxy) is 1. The van der Waals surface area contributed by atoms with Crippen LogP contribution in [0.3, 0.4) is 0 Å². The Morgan fingerprint density at radius 3 is 2.85 bits per heavy atom. The highest BCUT2D eigenvalue weighted by Gasteiger charge is 2.14. The van der Waals surface area contributed by atoms with E-state index in [1.165, 1.54) is 6.20 Å².